The molecule has 4 heteroatoms. The van der Waals surface area contributed by atoms with E-state index in [1.54, 1.807) is 12.1 Å². The predicted molar refractivity (Wildman–Crippen MR) is 57.3 cm³/mol. The summed E-state index contributed by atoms with van der Waals surface area (Å²) in [6, 6.07) is 9.04. The highest BCUT2D eigenvalue weighted by Gasteiger charge is 2.12. The van der Waals surface area contributed by atoms with Crippen LogP contribution in [0.25, 0.3) is 6.08 Å². The number of hydrogen-bond acceptors (Lipinski definition) is 4. The zero-order valence-corrected chi connectivity index (χ0v) is 8.67. The summed E-state index contributed by atoms with van der Waals surface area (Å²) in [7, 11) is 0. The Hall–Kier alpha value is -2.23. The minimum absolute atomic E-state index is 0.801. The van der Waals surface area contributed by atoms with Crippen LogP contribution in [-0.4, -0.2) is 17.7 Å². The molecule has 16 heavy (non-hydrogen) atoms. The standard InChI is InChI=1S/C12H10O4/c1-9(13)12(15)16-11(14)8-7-10-5-3-2-4-6-10/h2-8H,1H3. The molecule has 0 saturated heterocycles. The maximum absolute atomic E-state index is 11.0. The molecule has 0 saturated carbocycles. The molecule has 0 aromatic heterocycles. The van der Waals surface area contributed by atoms with Crippen molar-refractivity contribution in [2.75, 3.05) is 0 Å². The maximum atomic E-state index is 11.0. The van der Waals surface area contributed by atoms with Crippen molar-refractivity contribution in [1.82, 2.24) is 0 Å². The lowest BCUT2D eigenvalue weighted by Gasteiger charge is -1.95. The second kappa shape index (κ2) is 5.60. The van der Waals surface area contributed by atoms with Crippen molar-refractivity contribution in [1.29, 1.82) is 0 Å². The average molecular weight is 218 g/mol. The van der Waals surface area contributed by atoms with Gasteiger partial charge in [0, 0.05) is 13.0 Å². The van der Waals surface area contributed by atoms with Gasteiger partial charge < -0.3 is 4.74 Å². The first-order valence-electron chi connectivity index (χ1n) is 4.59. The number of carbonyl (C=O) groups is 3. The minimum Gasteiger partial charge on any atom is -0.384 e. The van der Waals surface area contributed by atoms with Crippen molar-refractivity contribution in [2.45, 2.75) is 6.92 Å². The quantitative estimate of drug-likeness (QED) is 0.332. The van der Waals surface area contributed by atoms with Crippen LogP contribution in [0.2, 0.25) is 0 Å². The monoisotopic (exact) mass is 218 g/mol. The Morgan fingerprint density at radius 3 is 2.31 bits per heavy atom. The lowest BCUT2D eigenvalue weighted by Crippen LogP contribution is -2.17. The van der Waals surface area contributed by atoms with Crippen LogP contribution in [-0.2, 0) is 19.1 Å². The van der Waals surface area contributed by atoms with Gasteiger partial charge in [0.25, 0.3) is 0 Å². The summed E-state index contributed by atoms with van der Waals surface area (Å²) in [6.45, 7) is 1.04. The molecule has 0 unspecified atom stereocenters. The topological polar surface area (TPSA) is 60.4 Å². The molecular weight excluding hydrogens is 208 g/mol. The lowest BCUT2D eigenvalue weighted by molar-refractivity contribution is -0.161. The van der Waals surface area contributed by atoms with E-state index in [1.165, 1.54) is 6.08 Å². The Bertz CT molecular complexity index is 432. The van der Waals surface area contributed by atoms with Crippen LogP contribution in [0.5, 0.6) is 0 Å². The first-order valence-corrected chi connectivity index (χ1v) is 4.59. The predicted octanol–water partition coefficient (Wildman–Crippen LogP) is 1.36. The highest BCUT2D eigenvalue weighted by molar-refractivity contribution is 6.34. The molecular formula is C12H10O4. The normalized spacial score (nSPS) is 10.1. The van der Waals surface area contributed by atoms with Crippen molar-refractivity contribution < 1.29 is 19.1 Å². The molecule has 82 valence electrons. The maximum Gasteiger partial charge on any atom is 0.382 e. The SMILES string of the molecule is CC(=O)C(=O)OC(=O)C=Cc1ccccc1. The van der Waals surface area contributed by atoms with Gasteiger partial charge in [-0.3, -0.25) is 4.79 Å². The highest BCUT2D eigenvalue weighted by Crippen LogP contribution is 2.01. The molecule has 0 fully saturated rings. The summed E-state index contributed by atoms with van der Waals surface area (Å²) in [5.41, 5.74) is 0.801. The lowest BCUT2D eigenvalue weighted by atomic mass is 10.2. The second-order valence-electron chi connectivity index (χ2n) is 3.01. The van der Waals surface area contributed by atoms with Gasteiger partial charge in [-0.15, -0.1) is 0 Å². The van der Waals surface area contributed by atoms with Gasteiger partial charge in [-0.2, -0.15) is 0 Å². The van der Waals surface area contributed by atoms with Gasteiger partial charge >= 0.3 is 11.9 Å². The number of Topliss-reactive ketones (excluding diaryl/α,β-unsaturated/α-hetero) is 1. The number of benzene rings is 1. The van der Waals surface area contributed by atoms with Crippen LogP contribution in [0.3, 0.4) is 0 Å². The van der Waals surface area contributed by atoms with Gasteiger partial charge in [0.2, 0.25) is 5.78 Å². The molecule has 0 heterocycles. The van der Waals surface area contributed by atoms with Gasteiger partial charge in [-0.1, -0.05) is 30.3 Å². The molecule has 0 bridgehead atoms. The van der Waals surface area contributed by atoms with E-state index in [-0.39, 0.29) is 0 Å². The summed E-state index contributed by atoms with van der Waals surface area (Å²) < 4.78 is 4.22. The fourth-order valence-electron chi connectivity index (χ4n) is 0.926. The molecule has 1 rings (SSSR count). The van der Waals surface area contributed by atoms with E-state index in [0.29, 0.717) is 0 Å². The van der Waals surface area contributed by atoms with E-state index < -0.39 is 17.7 Å². The van der Waals surface area contributed by atoms with Gasteiger partial charge in [0.05, 0.1) is 0 Å². The summed E-state index contributed by atoms with van der Waals surface area (Å²) in [5.74, 6) is -2.81. The molecule has 0 spiro atoms. The van der Waals surface area contributed by atoms with E-state index in [4.69, 9.17) is 0 Å². The number of ketones is 1. The van der Waals surface area contributed by atoms with Crippen molar-refractivity contribution in [2.24, 2.45) is 0 Å². The molecule has 0 aliphatic heterocycles. The summed E-state index contributed by atoms with van der Waals surface area (Å²) >= 11 is 0. The van der Waals surface area contributed by atoms with Crippen LogP contribution >= 0.6 is 0 Å². The van der Waals surface area contributed by atoms with Crippen molar-refractivity contribution >= 4 is 23.8 Å². The van der Waals surface area contributed by atoms with Gasteiger partial charge in [-0.05, 0) is 11.6 Å². The minimum atomic E-state index is -1.15. The third kappa shape index (κ3) is 3.88. The zero-order chi connectivity index (χ0) is 12.0. The fourth-order valence-corrected chi connectivity index (χ4v) is 0.926. The van der Waals surface area contributed by atoms with E-state index in [2.05, 4.69) is 4.74 Å². The highest BCUT2D eigenvalue weighted by atomic mass is 16.6. The van der Waals surface area contributed by atoms with E-state index >= 15 is 0 Å². The number of hydrogen-bond donors (Lipinski definition) is 0. The summed E-state index contributed by atoms with van der Waals surface area (Å²) in [4.78, 5) is 32.3. The molecule has 0 atom stereocenters. The van der Waals surface area contributed by atoms with Gasteiger partial charge in [0.1, 0.15) is 0 Å². The molecule has 0 radical (unpaired) electrons. The Labute approximate surface area is 92.5 Å². The number of ether oxygens (including phenoxy) is 1. The Morgan fingerprint density at radius 1 is 1.12 bits per heavy atom. The van der Waals surface area contributed by atoms with Crippen molar-refractivity contribution in [3.63, 3.8) is 0 Å². The van der Waals surface area contributed by atoms with Crippen LogP contribution in [0.15, 0.2) is 36.4 Å². The van der Waals surface area contributed by atoms with Crippen LogP contribution in [0.1, 0.15) is 12.5 Å². The molecule has 1 aromatic rings. The average Bonchev–Trinajstić information content (AvgIpc) is 2.27. The van der Waals surface area contributed by atoms with E-state index in [1.807, 2.05) is 18.2 Å². The van der Waals surface area contributed by atoms with Crippen molar-refractivity contribution in [3.8, 4) is 0 Å². The Balaban J connectivity index is 2.55. The first kappa shape index (κ1) is 11.8. The molecule has 0 amide bonds. The van der Waals surface area contributed by atoms with E-state index in [9.17, 15) is 14.4 Å². The summed E-state index contributed by atoms with van der Waals surface area (Å²) in [6.07, 6.45) is 2.59. The van der Waals surface area contributed by atoms with E-state index in [0.717, 1.165) is 18.6 Å². The number of esters is 2. The van der Waals surface area contributed by atoms with Crippen molar-refractivity contribution in [3.05, 3.63) is 42.0 Å². The largest absolute Gasteiger partial charge is 0.384 e. The number of carbonyl (C=O) groups excluding carboxylic acids is 3. The molecule has 1 aromatic carbocycles. The molecule has 0 N–H and O–H groups in total. The Kier molecular flexibility index (Phi) is 4.15. The van der Waals surface area contributed by atoms with Crippen LogP contribution in [0.4, 0.5) is 0 Å². The number of rotatable bonds is 3. The smallest absolute Gasteiger partial charge is 0.382 e. The second-order valence-corrected chi connectivity index (χ2v) is 3.01. The van der Waals surface area contributed by atoms with Crippen LogP contribution < -0.4 is 0 Å². The molecule has 0 aliphatic carbocycles. The third-order valence-corrected chi connectivity index (χ3v) is 1.69. The first-order chi connectivity index (χ1) is 7.59. The zero-order valence-electron chi connectivity index (χ0n) is 8.67. The van der Waals surface area contributed by atoms with Gasteiger partial charge in [0.15, 0.2) is 0 Å². The fraction of sp³-hybridized carbons (Fsp3) is 0.0833. The molecule has 4 nitrogen and oxygen atoms in total. The Morgan fingerprint density at radius 2 is 1.75 bits per heavy atom. The van der Waals surface area contributed by atoms with Crippen LogP contribution in [0, 0.1) is 0 Å². The molecule has 0 aliphatic rings. The summed E-state index contributed by atoms with van der Waals surface area (Å²) in [5, 5.41) is 0. The van der Waals surface area contributed by atoms with Gasteiger partial charge in [-0.25, -0.2) is 9.59 Å². The third-order valence-electron chi connectivity index (χ3n) is 1.69.